The van der Waals surface area contributed by atoms with Crippen molar-refractivity contribution in [2.75, 3.05) is 5.33 Å². The summed E-state index contributed by atoms with van der Waals surface area (Å²) in [4.78, 5) is 0. The Bertz CT molecular complexity index is 130. The van der Waals surface area contributed by atoms with Crippen LogP contribution in [0.4, 0.5) is 0 Å². The van der Waals surface area contributed by atoms with Gasteiger partial charge in [0.15, 0.2) is 0 Å². The molecule has 14 heavy (non-hydrogen) atoms. The molecule has 0 spiro atoms. The van der Waals surface area contributed by atoms with Crippen molar-refractivity contribution >= 4 is 24.7 Å². The van der Waals surface area contributed by atoms with E-state index in [0.29, 0.717) is 0 Å². The highest BCUT2D eigenvalue weighted by Gasteiger charge is 2.20. The zero-order valence-electron chi connectivity index (χ0n) is 9.60. The maximum Gasteiger partial charge on any atom is 0.0367 e. The lowest BCUT2D eigenvalue weighted by Crippen LogP contribution is -2.20. The minimum Gasteiger partial charge on any atom is -0.0928 e. The largest absolute Gasteiger partial charge is 0.0928 e. The standard InChI is InChI=1S/C12H25BrSi/c1-2-9-14-10-6-12(7-11-14)5-3-4-8-13/h12,14H,2-11H2,1H3. The van der Waals surface area contributed by atoms with Crippen LogP contribution >= 0.6 is 15.9 Å². The second-order valence-corrected chi connectivity index (χ2v) is 9.12. The Morgan fingerprint density at radius 1 is 1.21 bits per heavy atom. The molecule has 0 nitrogen and oxygen atoms in total. The smallest absolute Gasteiger partial charge is 0.0367 e. The minimum atomic E-state index is -0.215. The van der Waals surface area contributed by atoms with Crippen LogP contribution in [0.1, 0.15) is 45.4 Å². The van der Waals surface area contributed by atoms with Crippen LogP contribution in [0.5, 0.6) is 0 Å². The van der Waals surface area contributed by atoms with Crippen molar-refractivity contribution in [2.45, 2.75) is 63.6 Å². The summed E-state index contributed by atoms with van der Waals surface area (Å²) < 4.78 is 0. The van der Waals surface area contributed by atoms with Gasteiger partial charge in [-0.05, 0) is 12.3 Å². The SMILES string of the molecule is CCC[SiH]1CCC(CCCCBr)CC1. The molecule has 0 amide bonds. The molecule has 0 N–H and O–H groups in total. The maximum atomic E-state index is 3.51. The second-order valence-electron chi connectivity index (χ2n) is 4.86. The molecule has 84 valence electrons. The van der Waals surface area contributed by atoms with Gasteiger partial charge < -0.3 is 0 Å². The van der Waals surface area contributed by atoms with E-state index in [1.807, 2.05) is 0 Å². The minimum absolute atomic E-state index is 0.215. The van der Waals surface area contributed by atoms with Crippen LogP contribution in [0, 0.1) is 5.92 Å². The van der Waals surface area contributed by atoms with Crippen molar-refractivity contribution in [1.29, 1.82) is 0 Å². The average Bonchev–Trinajstić information content (AvgIpc) is 2.21. The first kappa shape index (κ1) is 12.8. The molecule has 1 saturated heterocycles. The van der Waals surface area contributed by atoms with E-state index in [2.05, 4.69) is 22.9 Å². The Balaban J connectivity index is 2.03. The molecule has 0 bridgehead atoms. The molecule has 2 heteroatoms. The fraction of sp³-hybridized carbons (Fsp3) is 1.00. The molecule has 0 aromatic rings. The van der Waals surface area contributed by atoms with Crippen LogP contribution in [-0.4, -0.2) is 14.1 Å². The van der Waals surface area contributed by atoms with Gasteiger partial charge >= 0.3 is 0 Å². The Kier molecular flexibility index (Phi) is 7.22. The van der Waals surface area contributed by atoms with Crippen molar-refractivity contribution in [1.82, 2.24) is 0 Å². The molecule has 1 aliphatic rings. The zero-order valence-corrected chi connectivity index (χ0v) is 12.3. The molecule has 0 aromatic heterocycles. The van der Waals surface area contributed by atoms with Crippen molar-refractivity contribution in [3.8, 4) is 0 Å². The first-order valence-corrected chi connectivity index (χ1v) is 9.99. The van der Waals surface area contributed by atoms with Gasteiger partial charge in [0.05, 0.1) is 0 Å². The molecule has 0 saturated carbocycles. The van der Waals surface area contributed by atoms with Gasteiger partial charge in [-0.3, -0.25) is 0 Å². The van der Waals surface area contributed by atoms with E-state index in [1.54, 1.807) is 31.0 Å². The van der Waals surface area contributed by atoms with Crippen molar-refractivity contribution < 1.29 is 0 Å². The molecule has 0 radical (unpaired) electrons. The van der Waals surface area contributed by atoms with Gasteiger partial charge in [-0.15, -0.1) is 0 Å². The first-order valence-electron chi connectivity index (χ1n) is 6.42. The normalized spacial score (nSPS) is 27.9. The molecule has 0 unspecified atom stereocenters. The van der Waals surface area contributed by atoms with Crippen LogP contribution in [-0.2, 0) is 0 Å². The molecule has 0 atom stereocenters. The number of hydrogen-bond acceptors (Lipinski definition) is 0. The summed E-state index contributed by atoms with van der Waals surface area (Å²) in [6.45, 7) is 2.36. The third kappa shape index (κ3) is 4.97. The van der Waals surface area contributed by atoms with Gasteiger partial charge in [0.25, 0.3) is 0 Å². The van der Waals surface area contributed by atoms with Crippen LogP contribution in [0.2, 0.25) is 18.1 Å². The van der Waals surface area contributed by atoms with Crippen molar-refractivity contribution in [3.63, 3.8) is 0 Å². The van der Waals surface area contributed by atoms with Gasteiger partial charge in [-0.25, -0.2) is 0 Å². The van der Waals surface area contributed by atoms with Gasteiger partial charge in [0.1, 0.15) is 0 Å². The number of halogens is 1. The van der Waals surface area contributed by atoms with Crippen LogP contribution in [0.3, 0.4) is 0 Å². The molecule has 1 heterocycles. The van der Waals surface area contributed by atoms with E-state index in [9.17, 15) is 0 Å². The predicted octanol–water partition coefficient (Wildman–Crippen LogP) is 4.60. The Hall–Kier alpha value is 0.697. The summed E-state index contributed by atoms with van der Waals surface area (Å²) in [5, 5.41) is 1.20. The zero-order chi connectivity index (χ0) is 10.2. The van der Waals surface area contributed by atoms with E-state index >= 15 is 0 Å². The number of rotatable bonds is 6. The summed E-state index contributed by atoms with van der Waals surface area (Å²) in [7, 11) is -0.215. The highest BCUT2D eigenvalue weighted by Crippen LogP contribution is 2.30. The Labute approximate surface area is 99.6 Å². The summed E-state index contributed by atoms with van der Waals surface area (Å²) >= 11 is 3.51. The molecule has 1 fully saturated rings. The molecule has 1 aliphatic heterocycles. The molecular formula is C12H25BrSi. The van der Waals surface area contributed by atoms with Crippen LogP contribution < -0.4 is 0 Å². The molecule has 1 rings (SSSR count). The van der Waals surface area contributed by atoms with Crippen molar-refractivity contribution in [3.05, 3.63) is 0 Å². The lowest BCUT2D eigenvalue weighted by atomic mass is 9.96. The quantitative estimate of drug-likeness (QED) is 0.378. The van der Waals surface area contributed by atoms with E-state index in [1.165, 1.54) is 31.0 Å². The highest BCUT2D eigenvalue weighted by atomic mass is 79.9. The highest BCUT2D eigenvalue weighted by molar-refractivity contribution is 9.09. The van der Waals surface area contributed by atoms with Gasteiger partial charge in [0, 0.05) is 14.1 Å². The van der Waals surface area contributed by atoms with Gasteiger partial charge in [-0.1, -0.05) is 73.1 Å². The fourth-order valence-corrected chi connectivity index (χ4v) is 6.71. The Morgan fingerprint density at radius 2 is 1.93 bits per heavy atom. The van der Waals surface area contributed by atoms with E-state index in [-0.39, 0.29) is 8.80 Å². The topological polar surface area (TPSA) is 0 Å². The summed E-state index contributed by atoms with van der Waals surface area (Å²) in [5.41, 5.74) is 0. The van der Waals surface area contributed by atoms with Gasteiger partial charge in [-0.2, -0.15) is 0 Å². The summed E-state index contributed by atoms with van der Waals surface area (Å²) in [6.07, 6.45) is 8.96. The molecule has 0 aromatic carbocycles. The van der Waals surface area contributed by atoms with Crippen molar-refractivity contribution in [2.24, 2.45) is 5.92 Å². The predicted molar refractivity (Wildman–Crippen MR) is 72.2 cm³/mol. The van der Waals surface area contributed by atoms with E-state index < -0.39 is 0 Å². The fourth-order valence-electron chi connectivity index (χ4n) is 2.74. The first-order chi connectivity index (χ1) is 6.86. The average molecular weight is 277 g/mol. The lowest BCUT2D eigenvalue weighted by molar-refractivity contribution is 0.422. The Morgan fingerprint density at radius 3 is 2.50 bits per heavy atom. The summed E-state index contributed by atoms with van der Waals surface area (Å²) in [5.74, 6) is 1.11. The maximum absolute atomic E-state index is 3.51. The number of unbranched alkanes of at least 4 members (excludes halogenated alkanes) is 1. The number of hydrogen-bond donors (Lipinski definition) is 0. The second kappa shape index (κ2) is 7.92. The molecular weight excluding hydrogens is 252 g/mol. The third-order valence-electron chi connectivity index (χ3n) is 3.66. The van der Waals surface area contributed by atoms with Crippen LogP contribution in [0.25, 0.3) is 0 Å². The van der Waals surface area contributed by atoms with E-state index in [4.69, 9.17) is 0 Å². The monoisotopic (exact) mass is 276 g/mol. The number of alkyl halides is 1. The lowest BCUT2D eigenvalue weighted by Gasteiger charge is -2.27. The van der Waals surface area contributed by atoms with E-state index in [0.717, 1.165) is 5.92 Å². The third-order valence-corrected chi connectivity index (χ3v) is 7.91. The van der Waals surface area contributed by atoms with Gasteiger partial charge in [0.2, 0.25) is 0 Å². The summed E-state index contributed by atoms with van der Waals surface area (Å²) in [6, 6.07) is 4.94. The van der Waals surface area contributed by atoms with Crippen LogP contribution in [0.15, 0.2) is 0 Å². The molecule has 0 aliphatic carbocycles.